The lowest BCUT2D eigenvalue weighted by Crippen LogP contribution is -2.55. The second-order valence-corrected chi connectivity index (χ2v) is 8.08. The van der Waals surface area contributed by atoms with Crippen LogP contribution in [-0.4, -0.2) is 80.7 Å². The first kappa shape index (κ1) is 20.9. The first-order valence-electron chi connectivity index (χ1n) is 10.9. The molecule has 2 aliphatic rings. The molecule has 1 saturated heterocycles. The molecule has 0 N–H and O–H groups in total. The van der Waals surface area contributed by atoms with Crippen molar-refractivity contribution in [3.63, 3.8) is 0 Å². The maximum absolute atomic E-state index is 12.9. The summed E-state index contributed by atoms with van der Waals surface area (Å²) >= 11 is 0. The number of amides is 2. The Morgan fingerprint density at radius 2 is 1.67 bits per heavy atom. The Morgan fingerprint density at radius 1 is 0.970 bits per heavy atom. The maximum atomic E-state index is 12.9. The minimum atomic E-state index is -0.679. The highest BCUT2D eigenvalue weighted by Crippen LogP contribution is 2.31. The van der Waals surface area contributed by atoms with Crippen LogP contribution in [0.5, 0.6) is 11.5 Å². The normalized spacial score (nSPS) is 17.7. The highest BCUT2D eigenvalue weighted by molar-refractivity contribution is 5.82. The third-order valence-electron chi connectivity index (χ3n) is 5.77. The van der Waals surface area contributed by atoms with E-state index in [0.717, 1.165) is 11.1 Å². The summed E-state index contributed by atoms with van der Waals surface area (Å²) in [6.07, 6.45) is -0.679. The van der Waals surface area contributed by atoms with Crippen LogP contribution in [0.25, 0.3) is 11.4 Å². The molecule has 0 aliphatic carbocycles. The fourth-order valence-corrected chi connectivity index (χ4v) is 3.87. The molecule has 5 rings (SSSR count). The van der Waals surface area contributed by atoms with Crippen molar-refractivity contribution in [3.05, 3.63) is 54.1 Å². The Kier molecular flexibility index (Phi) is 5.64. The van der Waals surface area contributed by atoms with Gasteiger partial charge in [-0.2, -0.15) is 4.80 Å². The largest absolute Gasteiger partial charge is 0.485 e. The van der Waals surface area contributed by atoms with Crippen LogP contribution in [0.3, 0.4) is 0 Å². The van der Waals surface area contributed by atoms with Crippen molar-refractivity contribution in [3.8, 4) is 22.9 Å². The number of benzene rings is 2. The number of hydrogen-bond acceptors (Lipinski definition) is 7. The SMILES string of the molecule is Cc1ccc(-c2nnn(CC(=O)N3CCN(C(=O)[C@H]4COc5ccccc5O4)CC3)n2)cc1. The Hall–Kier alpha value is -3.95. The third kappa shape index (κ3) is 4.50. The van der Waals surface area contributed by atoms with Gasteiger partial charge in [-0.25, -0.2) is 0 Å². The minimum Gasteiger partial charge on any atom is -0.485 e. The number of nitrogens with zero attached hydrogens (tertiary/aromatic N) is 6. The predicted molar refractivity (Wildman–Crippen MR) is 118 cm³/mol. The van der Waals surface area contributed by atoms with E-state index in [0.29, 0.717) is 43.5 Å². The molecule has 1 atom stereocenters. The van der Waals surface area contributed by atoms with Crippen molar-refractivity contribution in [1.82, 2.24) is 30.0 Å². The molecule has 0 unspecified atom stereocenters. The van der Waals surface area contributed by atoms with E-state index in [4.69, 9.17) is 9.47 Å². The van der Waals surface area contributed by atoms with Gasteiger partial charge in [-0.3, -0.25) is 9.59 Å². The molecule has 0 saturated carbocycles. The van der Waals surface area contributed by atoms with Crippen LogP contribution < -0.4 is 9.47 Å². The summed E-state index contributed by atoms with van der Waals surface area (Å²) in [4.78, 5) is 30.3. The Labute approximate surface area is 190 Å². The molecule has 2 amide bonds. The van der Waals surface area contributed by atoms with E-state index in [1.807, 2.05) is 49.4 Å². The molecule has 2 aliphatic heterocycles. The van der Waals surface area contributed by atoms with E-state index in [2.05, 4.69) is 15.4 Å². The van der Waals surface area contributed by atoms with Crippen LogP contribution >= 0.6 is 0 Å². The first-order valence-corrected chi connectivity index (χ1v) is 10.9. The predicted octanol–water partition coefficient (Wildman–Crippen LogP) is 1.16. The minimum absolute atomic E-state index is 0.00314. The van der Waals surface area contributed by atoms with Crippen molar-refractivity contribution in [2.75, 3.05) is 32.8 Å². The number of piperazine rings is 1. The average molecular weight is 448 g/mol. The van der Waals surface area contributed by atoms with Crippen LogP contribution in [-0.2, 0) is 16.1 Å². The van der Waals surface area contributed by atoms with Gasteiger partial charge in [-0.05, 0) is 24.3 Å². The number of para-hydroxylation sites is 2. The molecule has 0 spiro atoms. The van der Waals surface area contributed by atoms with Crippen LogP contribution in [0.15, 0.2) is 48.5 Å². The van der Waals surface area contributed by atoms with E-state index >= 15 is 0 Å². The number of tetrazole rings is 1. The van der Waals surface area contributed by atoms with Gasteiger partial charge in [0.15, 0.2) is 11.5 Å². The number of ether oxygens (including phenoxy) is 2. The molecule has 1 fully saturated rings. The molecule has 0 bridgehead atoms. The van der Waals surface area contributed by atoms with Gasteiger partial charge in [0.2, 0.25) is 17.8 Å². The summed E-state index contributed by atoms with van der Waals surface area (Å²) in [5.74, 6) is 1.46. The molecule has 10 heteroatoms. The van der Waals surface area contributed by atoms with Crippen molar-refractivity contribution in [2.45, 2.75) is 19.6 Å². The van der Waals surface area contributed by atoms with Crippen LogP contribution in [0.1, 0.15) is 5.56 Å². The zero-order valence-electron chi connectivity index (χ0n) is 18.3. The molecular formula is C23H24N6O4. The zero-order chi connectivity index (χ0) is 22.8. The monoisotopic (exact) mass is 448 g/mol. The van der Waals surface area contributed by atoms with Gasteiger partial charge in [0, 0.05) is 31.7 Å². The van der Waals surface area contributed by atoms with Crippen molar-refractivity contribution >= 4 is 11.8 Å². The lowest BCUT2D eigenvalue weighted by molar-refractivity contribution is -0.146. The van der Waals surface area contributed by atoms with Crippen molar-refractivity contribution < 1.29 is 19.1 Å². The Morgan fingerprint density at radius 3 is 2.42 bits per heavy atom. The van der Waals surface area contributed by atoms with Crippen LogP contribution in [0.2, 0.25) is 0 Å². The van der Waals surface area contributed by atoms with Gasteiger partial charge in [0.25, 0.3) is 5.91 Å². The summed E-state index contributed by atoms with van der Waals surface area (Å²) < 4.78 is 11.5. The molecule has 1 aromatic heterocycles. The highest BCUT2D eigenvalue weighted by Gasteiger charge is 2.33. The number of carbonyl (C=O) groups excluding carboxylic acids is 2. The summed E-state index contributed by atoms with van der Waals surface area (Å²) in [5, 5.41) is 12.4. The molecule has 3 aromatic rings. The van der Waals surface area contributed by atoms with E-state index in [1.54, 1.807) is 15.9 Å². The van der Waals surface area contributed by atoms with E-state index in [9.17, 15) is 9.59 Å². The molecule has 0 radical (unpaired) electrons. The van der Waals surface area contributed by atoms with Gasteiger partial charge in [0.1, 0.15) is 13.2 Å². The number of aryl methyl sites for hydroxylation is 1. The van der Waals surface area contributed by atoms with E-state index in [-0.39, 0.29) is 25.0 Å². The smallest absolute Gasteiger partial charge is 0.267 e. The molecule has 33 heavy (non-hydrogen) atoms. The first-order chi connectivity index (χ1) is 16.1. The number of rotatable bonds is 4. The molecule has 3 heterocycles. The van der Waals surface area contributed by atoms with E-state index < -0.39 is 6.10 Å². The number of hydrogen-bond donors (Lipinski definition) is 0. The molecular weight excluding hydrogens is 424 g/mol. The zero-order valence-corrected chi connectivity index (χ0v) is 18.3. The van der Waals surface area contributed by atoms with Crippen LogP contribution in [0.4, 0.5) is 0 Å². The lowest BCUT2D eigenvalue weighted by atomic mass is 10.1. The highest BCUT2D eigenvalue weighted by atomic mass is 16.6. The second kappa shape index (κ2) is 8.89. The molecule has 2 aromatic carbocycles. The van der Waals surface area contributed by atoms with Crippen molar-refractivity contribution in [2.24, 2.45) is 0 Å². The topological polar surface area (TPSA) is 103 Å². The van der Waals surface area contributed by atoms with Gasteiger partial charge in [0.05, 0.1) is 0 Å². The standard InChI is InChI=1S/C23H24N6O4/c1-16-6-8-17(9-7-16)22-24-26-29(25-22)14-21(30)27-10-12-28(13-11-27)23(31)20-15-32-18-4-2-3-5-19(18)33-20/h2-9,20H,10-15H2,1H3/t20-/m1/s1. The fourth-order valence-electron chi connectivity index (χ4n) is 3.87. The maximum Gasteiger partial charge on any atom is 0.267 e. The fraction of sp³-hybridized carbons (Fsp3) is 0.348. The number of carbonyl (C=O) groups is 2. The second-order valence-electron chi connectivity index (χ2n) is 8.08. The number of fused-ring (bicyclic) bond motifs is 1. The Bertz CT molecular complexity index is 1150. The molecule has 170 valence electrons. The van der Waals surface area contributed by atoms with Crippen molar-refractivity contribution in [1.29, 1.82) is 0 Å². The summed E-state index contributed by atoms with van der Waals surface area (Å²) in [5.41, 5.74) is 1.99. The number of aromatic nitrogens is 4. The molecule has 10 nitrogen and oxygen atoms in total. The van der Waals surface area contributed by atoms with Gasteiger partial charge >= 0.3 is 0 Å². The lowest BCUT2D eigenvalue weighted by Gasteiger charge is -2.37. The van der Waals surface area contributed by atoms with E-state index in [1.165, 1.54) is 4.80 Å². The van der Waals surface area contributed by atoms with Gasteiger partial charge < -0.3 is 19.3 Å². The van der Waals surface area contributed by atoms with Gasteiger partial charge in [-0.1, -0.05) is 42.0 Å². The Balaban J connectivity index is 1.13. The summed E-state index contributed by atoms with van der Waals surface area (Å²) in [6.45, 7) is 3.94. The quantitative estimate of drug-likeness (QED) is 0.590. The summed E-state index contributed by atoms with van der Waals surface area (Å²) in [7, 11) is 0. The van der Waals surface area contributed by atoms with Gasteiger partial charge in [-0.15, -0.1) is 10.2 Å². The summed E-state index contributed by atoms with van der Waals surface area (Å²) in [6, 6.07) is 15.1. The third-order valence-corrected chi connectivity index (χ3v) is 5.77. The van der Waals surface area contributed by atoms with Crippen LogP contribution in [0, 0.1) is 6.92 Å². The average Bonchev–Trinajstić information content (AvgIpc) is 3.32.